The van der Waals surface area contributed by atoms with Gasteiger partial charge >= 0.3 is 6.03 Å². The molecule has 0 aliphatic heterocycles. The highest BCUT2D eigenvalue weighted by molar-refractivity contribution is 6.43. The minimum absolute atomic E-state index is 0.268. The van der Waals surface area contributed by atoms with Crippen LogP contribution in [0.4, 0.5) is 10.5 Å². The Bertz CT molecular complexity index is 627. The Morgan fingerprint density at radius 1 is 1.40 bits per heavy atom. The molecular formula is C13H14Cl2N4O. The van der Waals surface area contributed by atoms with Crippen LogP contribution in [0.3, 0.4) is 0 Å². The van der Waals surface area contributed by atoms with E-state index in [2.05, 4.69) is 10.4 Å². The summed E-state index contributed by atoms with van der Waals surface area (Å²) in [6, 6.07) is 6.68. The SMILES string of the molecule is CN(Cc1ccnn1C)C(=O)Nc1cccc(Cl)c1Cl. The van der Waals surface area contributed by atoms with E-state index in [0.717, 1.165) is 5.69 Å². The molecule has 20 heavy (non-hydrogen) atoms. The van der Waals surface area contributed by atoms with Crippen LogP contribution >= 0.6 is 23.2 Å². The molecule has 0 aliphatic carbocycles. The van der Waals surface area contributed by atoms with Gasteiger partial charge in [-0.2, -0.15) is 5.10 Å². The van der Waals surface area contributed by atoms with E-state index in [-0.39, 0.29) is 6.03 Å². The van der Waals surface area contributed by atoms with E-state index in [1.807, 2.05) is 13.1 Å². The number of rotatable bonds is 3. The molecule has 1 N–H and O–H groups in total. The number of carbonyl (C=O) groups is 1. The predicted molar refractivity (Wildman–Crippen MR) is 80.2 cm³/mol. The lowest BCUT2D eigenvalue weighted by molar-refractivity contribution is 0.219. The highest BCUT2D eigenvalue weighted by Gasteiger charge is 2.13. The first-order chi connectivity index (χ1) is 9.49. The molecule has 1 aromatic heterocycles. The van der Waals surface area contributed by atoms with Gasteiger partial charge in [0.25, 0.3) is 0 Å². The van der Waals surface area contributed by atoms with Crippen molar-refractivity contribution in [3.05, 3.63) is 46.2 Å². The third-order valence-electron chi connectivity index (χ3n) is 2.86. The van der Waals surface area contributed by atoms with Crippen LogP contribution in [0.15, 0.2) is 30.5 Å². The normalized spacial score (nSPS) is 10.4. The molecule has 1 aromatic carbocycles. The first-order valence-corrected chi connectivity index (χ1v) is 6.67. The lowest BCUT2D eigenvalue weighted by atomic mass is 10.3. The summed E-state index contributed by atoms with van der Waals surface area (Å²) < 4.78 is 1.72. The number of hydrogen-bond acceptors (Lipinski definition) is 2. The van der Waals surface area contributed by atoms with Crippen LogP contribution < -0.4 is 5.32 Å². The van der Waals surface area contributed by atoms with Gasteiger partial charge < -0.3 is 10.2 Å². The van der Waals surface area contributed by atoms with Gasteiger partial charge in [0.15, 0.2) is 0 Å². The molecule has 0 saturated carbocycles. The highest BCUT2D eigenvalue weighted by Crippen LogP contribution is 2.29. The van der Waals surface area contributed by atoms with Crippen molar-refractivity contribution in [1.29, 1.82) is 0 Å². The third-order valence-corrected chi connectivity index (χ3v) is 3.68. The highest BCUT2D eigenvalue weighted by atomic mass is 35.5. The summed E-state index contributed by atoms with van der Waals surface area (Å²) in [4.78, 5) is 13.6. The van der Waals surface area contributed by atoms with Gasteiger partial charge in [0.2, 0.25) is 0 Å². The van der Waals surface area contributed by atoms with E-state index in [1.165, 1.54) is 4.90 Å². The lowest BCUT2D eigenvalue weighted by Gasteiger charge is -2.18. The van der Waals surface area contributed by atoms with Crippen molar-refractivity contribution in [3.63, 3.8) is 0 Å². The van der Waals surface area contributed by atoms with E-state index < -0.39 is 0 Å². The molecule has 0 radical (unpaired) electrons. The van der Waals surface area contributed by atoms with Crippen LogP contribution in [0.1, 0.15) is 5.69 Å². The molecule has 2 rings (SSSR count). The van der Waals surface area contributed by atoms with Crippen LogP contribution in [-0.2, 0) is 13.6 Å². The maximum atomic E-state index is 12.1. The molecule has 1 heterocycles. The van der Waals surface area contributed by atoms with E-state index >= 15 is 0 Å². The number of nitrogens with zero attached hydrogens (tertiary/aromatic N) is 3. The number of aryl methyl sites for hydroxylation is 1. The first-order valence-electron chi connectivity index (χ1n) is 5.92. The maximum Gasteiger partial charge on any atom is 0.321 e. The molecule has 0 fully saturated rings. The lowest BCUT2D eigenvalue weighted by Crippen LogP contribution is -2.31. The summed E-state index contributed by atoms with van der Waals surface area (Å²) in [7, 11) is 3.52. The van der Waals surface area contributed by atoms with E-state index in [4.69, 9.17) is 23.2 Å². The Hall–Kier alpha value is -1.72. The summed E-state index contributed by atoms with van der Waals surface area (Å²) in [6.07, 6.45) is 1.69. The summed E-state index contributed by atoms with van der Waals surface area (Å²) in [5.41, 5.74) is 1.42. The van der Waals surface area contributed by atoms with Crippen LogP contribution in [0.25, 0.3) is 0 Å². The monoisotopic (exact) mass is 312 g/mol. The molecule has 0 atom stereocenters. The topological polar surface area (TPSA) is 50.2 Å². The molecule has 2 aromatic rings. The zero-order valence-electron chi connectivity index (χ0n) is 11.1. The minimum Gasteiger partial charge on any atom is -0.322 e. The van der Waals surface area contributed by atoms with Gasteiger partial charge in [0.05, 0.1) is 28.0 Å². The predicted octanol–water partition coefficient (Wildman–Crippen LogP) is 3.39. The fraction of sp³-hybridized carbons (Fsp3) is 0.231. The zero-order valence-corrected chi connectivity index (χ0v) is 12.6. The molecule has 0 unspecified atom stereocenters. The van der Waals surface area contributed by atoms with Crippen molar-refractivity contribution in [2.24, 2.45) is 7.05 Å². The molecule has 0 bridgehead atoms. The summed E-state index contributed by atoms with van der Waals surface area (Å²) in [5.74, 6) is 0. The third kappa shape index (κ3) is 3.23. The molecule has 0 spiro atoms. The number of anilines is 1. The largest absolute Gasteiger partial charge is 0.322 e. The van der Waals surface area contributed by atoms with Crippen molar-refractivity contribution in [1.82, 2.24) is 14.7 Å². The summed E-state index contributed by atoms with van der Waals surface area (Å²) in [6.45, 7) is 0.445. The number of carbonyl (C=O) groups excluding carboxylic acids is 1. The van der Waals surface area contributed by atoms with Gasteiger partial charge in [-0.25, -0.2) is 4.79 Å². The fourth-order valence-corrected chi connectivity index (χ4v) is 2.03. The van der Waals surface area contributed by atoms with Gasteiger partial charge in [0.1, 0.15) is 0 Å². The Morgan fingerprint density at radius 3 is 2.80 bits per heavy atom. The number of benzene rings is 1. The van der Waals surface area contributed by atoms with E-state index in [9.17, 15) is 4.79 Å². The number of amides is 2. The average Bonchev–Trinajstić information content (AvgIpc) is 2.80. The first kappa shape index (κ1) is 14.7. The number of urea groups is 1. The second-order valence-electron chi connectivity index (χ2n) is 4.33. The van der Waals surface area contributed by atoms with Crippen molar-refractivity contribution in [2.75, 3.05) is 12.4 Å². The fourth-order valence-electron chi connectivity index (χ4n) is 1.68. The molecular weight excluding hydrogens is 299 g/mol. The van der Waals surface area contributed by atoms with Crippen LogP contribution in [0.2, 0.25) is 10.0 Å². The Kier molecular flexibility index (Phi) is 4.52. The molecule has 106 valence electrons. The Balaban J connectivity index is 2.04. The quantitative estimate of drug-likeness (QED) is 0.944. The molecule has 5 nitrogen and oxygen atoms in total. The van der Waals surface area contributed by atoms with E-state index in [1.54, 1.807) is 36.1 Å². The van der Waals surface area contributed by atoms with Crippen LogP contribution in [0, 0.1) is 0 Å². The molecule has 0 aliphatic rings. The van der Waals surface area contributed by atoms with E-state index in [0.29, 0.717) is 22.3 Å². The number of hydrogen-bond donors (Lipinski definition) is 1. The number of aromatic nitrogens is 2. The Labute approximate surface area is 127 Å². The van der Waals surface area contributed by atoms with Crippen LogP contribution in [0.5, 0.6) is 0 Å². The van der Waals surface area contributed by atoms with Gasteiger partial charge in [-0.15, -0.1) is 0 Å². The smallest absolute Gasteiger partial charge is 0.321 e. The second kappa shape index (κ2) is 6.15. The van der Waals surface area contributed by atoms with Gasteiger partial charge in [-0.05, 0) is 18.2 Å². The van der Waals surface area contributed by atoms with Crippen molar-refractivity contribution >= 4 is 34.9 Å². The average molecular weight is 313 g/mol. The minimum atomic E-state index is -0.268. The standard InChI is InChI=1S/C13H14Cl2N4O/c1-18(8-9-6-7-16-19(9)2)13(20)17-11-5-3-4-10(14)12(11)15/h3-7H,8H2,1-2H3,(H,17,20). The molecule has 0 saturated heterocycles. The molecule has 7 heteroatoms. The van der Waals surface area contributed by atoms with Gasteiger partial charge in [0, 0.05) is 20.3 Å². The van der Waals surface area contributed by atoms with Crippen molar-refractivity contribution < 1.29 is 4.79 Å². The number of halogens is 2. The molecule has 2 amide bonds. The summed E-state index contributed by atoms with van der Waals surface area (Å²) >= 11 is 11.9. The van der Waals surface area contributed by atoms with Crippen molar-refractivity contribution in [2.45, 2.75) is 6.54 Å². The maximum absolute atomic E-state index is 12.1. The van der Waals surface area contributed by atoms with Gasteiger partial charge in [-0.1, -0.05) is 29.3 Å². The Morgan fingerprint density at radius 2 is 2.15 bits per heavy atom. The van der Waals surface area contributed by atoms with Gasteiger partial charge in [-0.3, -0.25) is 4.68 Å². The number of nitrogens with one attached hydrogen (secondary N) is 1. The van der Waals surface area contributed by atoms with Crippen LogP contribution in [-0.4, -0.2) is 27.8 Å². The zero-order chi connectivity index (χ0) is 14.7. The summed E-state index contributed by atoms with van der Waals surface area (Å²) in [5, 5.41) is 7.51. The van der Waals surface area contributed by atoms with Crippen molar-refractivity contribution in [3.8, 4) is 0 Å². The second-order valence-corrected chi connectivity index (χ2v) is 5.12.